The number of hydrogen-bond donors (Lipinski definition) is 3. The number of urea groups is 1. The average molecular weight is 395 g/mol. The molecule has 0 aliphatic rings. The molecule has 7 heteroatoms. The van der Waals surface area contributed by atoms with Gasteiger partial charge in [0.25, 0.3) is 0 Å². The molecule has 0 fully saturated rings. The molecule has 0 aliphatic carbocycles. The SMILES string of the molecule is O=C(CSc1ccc(NC(=O)Nc2ccccc2)cc1)Nc1ccc(F)cc1. The fraction of sp³-hybridized carbons (Fsp3) is 0.0476. The minimum absolute atomic E-state index is 0.180. The van der Waals surface area contributed by atoms with Crippen LogP contribution in [-0.4, -0.2) is 17.7 Å². The van der Waals surface area contributed by atoms with Crippen LogP contribution in [0.15, 0.2) is 83.8 Å². The number of rotatable bonds is 6. The first-order valence-electron chi connectivity index (χ1n) is 8.50. The number of carbonyl (C=O) groups excluding carboxylic acids is 2. The van der Waals surface area contributed by atoms with E-state index in [2.05, 4.69) is 16.0 Å². The summed E-state index contributed by atoms with van der Waals surface area (Å²) in [4.78, 5) is 24.8. The van der Waals surface area contributed by atoms with E-state index in [0.717, 1.165) is 4.90 Å². The van der Waals surface area contributed by atoms with Crippen LogP contribution in [0.4, 0.5) is 26.2 Å². The number of para-hydroxylation sites is 1. The molecule has 3 rings (SSSR count). The zero-order valence-corrected chi connectivity index (χ0v) is 15.6. The second-order valence-corrected chi connectivity index (χ2v) is 6.86. The van der Waals surface area contributed by atoms with Crippen LogP contribution >= 0.6 is 11.8 Å². The van der Waals surface area contributed by atoms with Gasteiger partial charge < -0.3 is 16.0 Å². The van der Waals surface area contributed by atoms with Crippen molar-refractivity contribution >= 4 is 40.8 Å². The monoisotopic (exact) mass is 395 g/mol. The molecule has 0 radical (unpaired) electrons. The summed E-state index contributed by atoms with van der Waals surface area (Å²) in [5.74, 6) is -0.307. The largest absolute Gasteiger partial charge is 0.325 e. The second-order valence-electron chi connectivity index (χ2n) is 5.81. The molecular formula is C21H18FN3O2S. The lowest BCUT2D eigenvalue weighted by molar-refractivity contribution is -0.113. The third kappa shape index (κ3) is 6.14. The summed E-state index contributed by atoms with van der Waals surface area (Å²) in [5.41, 5.74) is 1.91. The van der Waals surface area contributed by atoms with Crippen molar-refractivity contribution in [3.8, 4) is 0 Å². The zero-order chi connectivity index (χ0) is 19.8. The van der Waals surface area contributed by atoms with E-state index in [-0.39, 0.29) is 23.5 Å². The first kappa shape index (κ1) is 19.4. The van der Waals surface area contributed by atoms with Gasteiger partial charge in [-0.2, -0.15) is 0 Å². The Balaban J connectivity index is 1.45. The number of hydrogen-bond acceptors (Lipinski definition) is 3. The number of thioether (sulfide) groups is 1. The summed E-state index contributed by atoms with van der Waals surface area (Å²) in [6.45, 7) is 0. The Hall–Kier alpha value is -3.32. The lowest BCUT2D eigenvalue weighted by Crippen LogP contribution is -2.19. The maximum Gasteiger partial charge on any atom is 0.323 e. The van der Waals surface area contributed by atoms with E-state index in [4.69, 9.17) is 0 Å². The topological polar surface area (TPSA) is 70.2 Å². The van der Waals surface area contributed by atoms with Crippen LogP contribution in [0.5, 0.6) is 0 Å². The first-order valence-corrected chi connectivity index (χ1v) is 9.48. The van der Waals surface area contributed by atoms with Crippen LogP contribution in [0.2, 0.25) is 0 Å². The standard InChI is InChI=1S/C21H18FN3O2S/c22-15-6-8-17(9-7-15)23-20(26)14-28-19-12-10-18(11-13-19)25-21(27)24-16-4-2-1-3-5-16/h1-13H,14H2,(H,23,26)(H2,24,25,27). The number of amides is 3. The van der Waals surface area contributed by atoms with Crippen molar-refractivity contribution in [2.24, 2.45) is 0 Å². The molecule has 0 aliphatic heterocycles. The van der Waals surface area contributed by atoms with E-state index in [1.54, 1.807) is 24.3 Å². The molecule has 3 amide bonds. The molecule has 0 saturated carbocycles. The molecule has 3 aromatic rings. The van der Waals surface area contributed by atoms with Gasteiger partial charge in [0.2, 0.25) is 5.91 Å². The van der Waals surface area contributed by atoms with Gasteiger partial charge in [0.1, 0.15) is 5.82 Å². The minimum Gasteiger partial charge on any atom is -0.325 e. The Bertz CT molecular complexity index is 932. The quantitative estimate of drug-likeness (QED) is 0.503. The smallest absolute Gasteiger partial charge is 0.323 e. The summed E-state index contributed by atoms with van der Waals surface area (Å²) in [6, 6.07) is 21.6. The molecule has 3 N–H and O–H groups in total. The first-order chi connectivity index (χ1) is 13.6. The lowest BCUT2D eigenvalue weighted by Gasteiger charge is -2.08. The van der Waals surface area contributed by atoms with Gasteiger partial charge in [-0.05, 0) is 60.7 Å². The van der Waals surface area contributed by atoms with E-state index in [1.807, 2.05) is 30.3 Å². The second kappa shape index (κ2) is 9.57. The molecule has 142 valence electrons. The van der Waals surface area contributed by atoms with Crippen molar-refractivity contribution in [1.29, 1.82) is 0 Å². The van der Waals surface area contributed by atoms with Gasteiger partial charge >= 0.3 is 6.03 Å². The molecule has 0 unspecified atom stereocenters. The van der Waals surface area contributed by atoms with Crippen LogP contribution in [-0.2, 0) is 4.79 Å². The predicted octanol–water partition coefficient (Wildman–Crippen LogP) is 5.20. The molecule has 3 aromatic carbocycles. The van der Waals surface area contributed by atoms with Crippen molar-refractivity contribution in [3.05, 3.63) is 84.7 Å². The van der Waals surface area contributed by atoms with Gasteiger partial charge in [-0.15, -0.1) is 11.8 Å². The van der Waals surface area contributed by atoms with E-state index >= 15 is 0 Å². The lowest BCUT2D eigenvalue weighted by atomic mass is 10.3. The van der Waals surface area contributed by atoms with Crippen LogP contribution < -0.4 is 16.0 Å². The van der Waals surface area contributed by atoms with Crippen molar-refractivity contribution < 1.29 is 14.0 Å². The third-order valence-corrected chi connectivity index (χ3v) is 4.65. The summed E-state index contributed by atoms with van der Waals surface area (Å²) in [6.07, 6.45) is 0. The zero-order valence-electron chi connectivity index (χ0n) is 14.8. The highest BCUT2D eigenvalue weighted by Gasteiger charge is 2.06. The Morgan fingerprint density at radius 3 is 1.89 bits per heavy atom. The Morgan fingerprint density at radius 2 is 1.25 bits per heavy atom. The molecule has 5 nitrogen and oxygen atoms in total. The highest BCUT2D eigenvalue weighted by atomic mass is 32.2. The Morgan fingerprint density at radius 1 is 0.714 bits per heavy atom. The average Bonchev–Trinajstić information content (AvgIpc) is 2.70. The summed E-state index contributed by atoms with van der Waals surface area (Å²) in [5, 5.41) is 8.20. The summed E-state index contributed by atoms with van der Waals surface area (Å²) >= 11 is 1.37. The van der Waals surface area contributed by atoms with Crippen molar-refractivity contribution in [1.82, 2.24) is 0 Å². The van der Waals surface area contributed by atoms with Gasteiger partial charge in [-0.25, -0.2) is 9.18 Å². The fourth-order valence-electron chi connectivity index (χ4n) is 2.33. The molecule has 28 heavy (non-hydrogen) atoms. The predicted molar refractivity (Wildman–Crippen MR) is 111 cm³/mol. The van der Waals surface area contributed by atoms with Crippen LogP contribution in [0.3, 0.4) is 0 Å². The van der Waals surface area contributed by atoms with Crippen molar-refractivity contribution in [3.63, 3.8) is 0 Å². The molecule has 0 aromatic heterocycles. The van der Waals surface area contributed by atoms with Crippen LogP contribution in [0.1, 0.15) is 0 Å². The van der Waals surface area contributed by atoms with E-state index in [9.17, 15) is 14.0 Å². The molecule has 0 spiro atoms. The van der Waals surface area contributed by atoms with Gasteiger partial charge in [0.05, 0.1) is 5.75 Å². The van der Waals surface area contributed by atoms with Crippen molar-refractivity contribution in [2.45, 2.75) is 4.90 Å². The number of anilines is 3. The highest BCUT2D eigenvalue weighted by Crippen LogP contribution is 2.21. The minimum atomic E-state index is -0.349. The molecule has 0 bridgehead atoms. The van der Waals surface area contributed by atoms with Crippen molar-refractivity contribution in [2.75, 3.05) is 21.7 Å². The molecule has 0 saturated heterocycles. The van der Waals surface area contributed by atoms with E-state index < -0.39 is 0 Å². The molecule has 0 atom stereocenters. The highest BCUT2D eigenvalue weighted by molar-refractivity contribution is 8.00. The van der Waals surface area contributed by atoms with Gasteiger partial charge in [0, 0.05) is 22.0 Å². The van der Waals surface area contributed by atoms with E-state index in [0.29, 0.717) is 17.1 Å². The number of nitrogens with one attached hydrogen (secondary N) is 3. The maximum absolute atomic E-state index is 12.9. The molecule has 0 heterocycles. The molecular weight excluding hydrogens is 377 g/mol. The Labute approximate surface area is 166 Å². The van der Waals surface area contributed by atoms with Gasteiger partial charge in [-0.1, -0.05) is 18.2 Å². The van der Waals surface area contributed by atoms with Gasteiger partial charge in [-0.3, -0.25) is 4.79 Å². The fourth-order valence-corrected chi connectivity index (χ4v) is 3.03. The number of benzene rings is 3. The van der Waals surface area contributed by atoms with Gasteiger partial charge in [0.15, 0.2) is 0 Å². The Kier molecular flexibility index (Phi) is 6.64. The maximum atomic E-state index is 12.9. The summed E-state index contributed by atoms with van der Waals surface area (Å²) < 4.78 is 12.9. The van der Waals surface area contributed by atoms with Crippen LogP contribution in [0.25, 0.3) is 0 Å². The summed E-state index contributed by atoms with van der Waals surface area (Å²) in [7, 11) is 0. The normalized spacial score (nSPS) is 10.2. The van der Waals surface area contributed by atoms with E-state index in [1.165, 1.54) is 36.0 Å². The number of carbonyl (C=O) groups is 2. The van der Waals surface area contributed by atoms with Crippen LogP contribution in [0, 0.1) is 5.82 Å². The third-order valence-electron chi connectivity index (χ3n) is 3.64. The number of halogens is 1.